The van der Waals surface area contributed by atoms with E-state index in [1.165, 1.54) is 0 Å². The van der Waals surface area contributed by atoms with Crippen LogP contribution >= 0.6 is 0 Å². The number of ketones is 1. The molecular weight excluding hydrogens is 911 g/mol. The second kappa shape index (κ2) is 17.8. The molecule has 5 aromatic carbocycles. The summed E-state index contributed by atoms with van der Waals surface area (Å²) in [6.07, 6.45) is -3.06. The fourth-order valence-corrected chi connectivity index (χ4v) is 6.97. The topological polar surface area (TPSA) is 26.3 Å². The summed E-state index contributed by atoms with van der Waals surface area (Å²) in [6.45, 7) is 6.02. The lowest BCUT2D eigenvalue weighted by Crippen LogP contribution is -2.81. The first-order chi connectivity index (χ1) is 28.5. The fourth-order valence-electron chi connectivity index (χ4n) is 6.28. The van der Waals surface area contributed by atoms with Crippen LogP contribution in [-0.2, 0) is 10.9 Å². The summed E-state index contributed by atoms with van der Waals surface area (Å²) in [6, 6.07) is 7.41. The predicted octanol–water partition coefficient (Wildman–Crippen LogP) is 8.77. The highest BCUT2D eigenvalue weighted by Crippen LogP contribution is 2.31. The number of carbonyl (C=O) groups is 1. The Kier molecular flexibility index (Phi) is 14.1. The zero-order valence-electron chi connectivity index (χ0n) is 31.4. The van der Waals surface area contributed by atoms with Crippen LogP contribution in [0.4, 0.5) is 87.8 Å². The van der Waals surface area contributed by atoms with Crippen molar-refractivity contribution in [2.75, 3.05) is 18.3 Å². The van der Waals surface area contributed by atoms with E-state index in [-0.39, 0.29) is 22.3 Å². The van der Waals surface area contributed by atoms with E-state index in [1.807, 2.05) is 45.0 Å². The number of hydrogen-bond donors (Lipinski definition) is 0. The number of benzene rings is 5. The van der Waals surface area contributed by atoms with Gasteiger partial charge in [-0.05, 0) is 55.9 Å². The third-order valence-corrected chi connectivity index (χ3v) is 9.57. The van der Waals surface area contributed by atoms with Crippen molar-refractivity contribution in [3.05, 3.63) is 146 Å². The summed E-state index contributed by atoms with van der Waals surface area (Å²) in [5.41, 5.74) is -13.8. The van der Waals surface area contributed by atoms with Crippen molar-refractivity contribution < 1.29 is 97.3 Å². The third-order valence-electron chi connectivity index (χ3n) is 8.73. The van der Waals surface area contributed by atoms with Crippen molar-refractivity contribution in [3.63, 3.8) is 0 Å². The molecule has 0 spiro atoms. The van der Waals surface area contributed by atoms with Gasteiger partial charge in [0.2, 0.25) is 5.78 Å². The first kappa shape index (κ1) is 49.2. The molecule has 2 nitrogen and oxygen atoms in total. The molecule has 0 amide bonds. The molecule has 0 N–H and O–H groups in total. The van der Waals surface area contributed by atoms with Crippen LogP contribution in [0.1, 0.15) is 31.1 Å². The number of halogens is 20. The summed E-state index contributed by atoms with van der Waals surface area (Å²) in [4.78, 5) is 11.8. The van der Waals surface area contributed by atoms with Gasteiger partial charge in [0, 0.05) is 5.56 Å². The Hall–Kier alpha value is -5.42. The minimum Gasteiger partial charge on any atom is -0.488 e. The monoisotopic (exact) mass is 932 g/mol. The van der Waals surface area contributed by atoms with Gasteiger partial charge in [-0.3, -0.25) is 4.79 Å². The Balaban J connectivity index is 0.000000416. The van der Waals surface area contributed by atoms with Gasteiger partial charge >= 0.3 is 0 Å². The lowest BCUT2D eigenvalue weighted by molar-refractivity contribution is 0.102. The average molecular weight is 932 g/mol. The van der Waals surface area contributed by atoms with Crippen LogP contribution in [-0.4, -0.2) is 35.8 Å². The number of carbonyl (C=O) groups excluding carboxylic acids is 1. The van der Waals surface area contributed by atoms with Gasteiger partial charge in [0.25, 0.3) is 0 Å². The molecule has 0 saturated heterocycles. The van der Waals surface area contributed by atoms with Gasteiger partial charge < -0.3 is 4.74 Å². The Morgan fingerprint density at radius 3 is 0.823 bits per heavy atom. The van der Waals surface area contributed by atoms with E-state index in [2.05, 4.69) is 12.5 Å². The molecule has 62 heavy (non-hydrogen) atoms. The number of Topliss-reactive ketones (excluding diaryl/α,β-unsaturated/α-hetero) is 1. The molecular formula is C38H21BF20O2S. The highest BCUT2D eigenvalue weighted by Gasteiger charge is 2.52. The zero-order valence-corrected chi connectivity index (χ0v) is 32.2. The second-order valence-electron chi connectivity index (χ2n) is 14.1. The summed E-state index contributed by atoms with van der Waals surface area (Å²) in [5.74, 6) is -69.8. The van der Waals surface area contributed by atoms with E-state index in [9.17, 15) is 57.5 Å². The smallest absolute Gasteiger partial charge is 0.211 e. The van der Waals surface area contributed by atoms with E-state index >= 15 is 35.1 Å². The largest absolute Gasteiger partial charge is 0.488 e. The van der Waals surface area contributed by atoms with Crippen molar-refractivity contribution in [2.45, 2.75) is 26.4 Å². The first-order valence-electron chi connectivity index (χ1n) is 16.6. The van der Waals surface area contributed by atoms with Crippen LogP contribution in [0, 0.1) is 116 Å². The summed E-state index contributed by atoms with van der Waals surface area (Å²) in [5, 5.41) is 0. The molecule has 0 radical (unpaired) electrons. The van der Waals surface area contributed by atoms with Crippen LogP contribution < -0.4 is 26.6 Å². The van der Waals surface area contributed by atoms with Crippen LogP contribution in [0.25, 0.3) is 0 Å². The van der Waals surface area contributed by atoms with E-state index in [0.717, 1.165) is 11.3 Å². The van der Waals surface area contributed by atoms with E-state index < -0.39 is 144 Å². The molecule has 5 aromatic rings. The molecule has 0 aromatic heterocycles. The van der Waals surface area contributed by atoms with E-state index in [1.54, 1.807) is 0 Å². The number of ether oxygens (including phenoxy) is 1. The first-order valence-corrected chi connectivity index (χ1v) is 18.8. The second-order valence-corrected chi connectivity index (χ2v) is 16.4. The highest BCUT2D eigenvalue weighted by atomic mass is 32.2. The normalized spacial score (nSPS) is 11.9. The van der Waals surface area contributed by atoms with E-state index in [0.29, 0.717) is 5.75 Å². The molecule has 0 aliphatic heterocycles. The quantitative estimate of drug-likeness (QED) is 0.0389. The standard InChI is InChI=1S/C24BF20.C14H21O2S/c26-5-1(6(27)14(35)21(42)13(5)34)25(2-7(28)15(36)22(43)16(37)8(2)29,3-9(30)17(38)23(44)18(39)10(3)31)4-11(32)19(40)24(45)20(41)12(4)33;1-14(2,3)16-12-8-6-11(7-9-12)13(15)10-17(4)5/h;6-9H,10H2,1-5H3/q-1;+1. The Morgan fingerprint density at radius 2 is 0.629 bits per heavy atom. The fraction of sp³-hybridized carbons (Fsp3) is 0.184. The van der Waals surface area contributed by atoms with Gasteiger partial charge in [-0.15, -0.1) is 21.9 Å². The van der Waals surface area contributed by atoms with Gasteiger partial charge in [-0.1, -0.05) is 0 Å². The number of hydrogen-bond acceptors (Lipinski definition) is 2. The average Bonchev–Trinajstić information content (AvgIpc) is 3.20. The van der Waals surface area contributed by atoms with Crippen molar-refractivity contribution >= 4 is 44.7 Å². The van der Waals surface area contributed by atoms with Crippen LogP contribution in [0.2, 0.25) is 0 Å². The summed E-state index contributed by atoms with van der Waals surface area (Å²) >= 11 is 0. The number of rotatable bonds is 8. The van der Waals surface area contributed by atoms with Gasteiger partial charge in [0.1, 0.15) is 64.0 Å². The molecule has 5 rings (SSSR count). The van der Waals surface area contributed by atoms with Gasteiger partial charge in [0.15, 0.2) is 75.6 Å². The Labute approximate surface area is 338 Å². The van der Waals surface area contributed by atoms with Gasteiger partial charge in [-0.2, -0.15) is 0 Å². The maximum Gasteiger partial charge on any atom is 0.211 e. The maximum absolute atomic E-state index is 15.4. The van der Waals surface area contributed by atoms with Crippen molar-refractivity contribution in [1.29, 1.82) is 0 Å². The van der Waals surface area contributed by atoms with Crippen LogP contribution in [0.3, 0.4) is 0 Å². The molecule has 0 aliphatic carbocycles. The zero-order chi connectivity index (χ0) is 47.4. The molecule has 0 aliphatic rings. The lowest BCUT2D eigenvalue weighted by Gasteiger charge is -2.44. The van der Waals surface area contributed by atoms with Gasteiger partial charge in [0.05, 0.1) is 12.5 Å². The predicted molar refractivity (Wildman–Crippen MR) is 184 cm³/mol. The molecule has 0 bridgehead atoms. The molecule has 24 heteroatoms. The third kappa shape index (κ3) is 8.28. The summed E-state index contributed by atoms with van der Waals surface area (Å²) < 4.78 is 300. The Bertz CT molecular complexity index is 2230. The van der Waals surface area contributed by atoms with Crippen molar-refractivity contribution in [2.24, 2.45) is 0 Å². The minimum atomic E-state index is -7.22. The van der Waals surface area contributed by atoms with Gasteiger partial charge in [-0.25, -0.2) is 87.8 Å². The Morgan fingerprint density at radius 1 is 0.419 bits per heavy atom. The summed E-state index contributed by atoms with van der Waals surface area (Å²) in [7, 11) is 0.152. The van der Waals surface area contributed by atoms with E-state index in [4.69, 9.17) is 4.74 Å². The van der Waals surface area contributed by atoms with Crippen molar-refractivity contribution in [1.82, 2.24) is 0 Å². The van der Waals surface area contributed by atoms with Crippen molar-refractivity contribution in [3.8, 4) is 5.75 Å². The lowest BCUT2D eigenvalue weighted by atomic mass is 9.12. The molecule has 0 heterocycles. The molecule has 0 fully saturated rings. The molecule has 334 valence electrons. The highest BCUT2D eigenvalue weighted by molar-refractivity contribution is 7.96. The van der Waals surface area contributed by atoms with Crippen LogP contribution in [0.15, 0.2) is 24.3 Å². The molecule has 0 unspecified atom stereocenters. The maximum atomic E-state index is 15.4. The minimum absolute atomic E-state index is 0.152. The SMILES string of the molecule is C[S+](C)CC(=O)c1ccc(OC(C)(C)C)cc1.Fc1c(F)c(F)c([B-](c2c(F)c(F)c(F)c(F)c2F)(c2c(F)c(F)c(F)c(F)c2F)c2c(F)c(F)c(F)c(F)c2F)c(F)c1F. The molecule has 0 saturated carbocycles. The van der Waals surface area contributed by atoms with Crippen LogP contribution in [0.5, 0.6) is 5.75 Å². The molecule has 0 atom stereocenters.